The van der Waals surface area contributed by atoms with Crippen LogP contribution in [0.2, 0.25) is 5.02 Å². The molecule has 1 fully saturated rings. The van der Waals surface area contributed by atoms with E-state index >= 15 is 0 Å². The standard InChI is InChI=1S/C17H18ClNO/c18-14-6-8-15(9-7-14)20-17-10-11-19-12-16(17)13-4-2-1-3-5-13/h1-9,16-17,19H,10-12H2/t16-,17+/m0/s1. The Morgan fingerprint density at radius 2 is 1.75 bits per heavy atom. The summed E-state index contributed by atoms with van der Waals surface area (Å²) in [7, 11) is 0. The minimum atomic E-state index is 0.208. The number of piperidine rings is 1. The van der Waals surface area contributed by atoms with Crippen LogP contribution in [0.15, 0.2) is 54.6 Å². The number of benzene rings is 2. The van der Waals surface area contributed by atoms with Crippen LogP contribution in [0, 0.1) is 0 Å². The largest absolute Gasteiger partial charge is 0.490 e. The maximum Gasteiger partial charge on any atom is 0.119 e. The first-order chi connectivity index (χ1) is 9.83. The molecule has 1 saturated heterocycles. The molecule has 2 aromatic carbocycles. The molecule has 1 aliphatic heterocycles. The number of rotatable bonds is 3. The van der Waals surface area contributed by atoms with Crippen molar-refractivity contribution >= 4 is 11.6 Å². The second-order valence-electron chi connectivity index (χ2n) is 5.12. The summed E-state index contributed by atoms with van der Waals surface area (Å²) < 4.78 is 6.18. The lowest BCUT2D eigenvalue weighted by atomic mass is 9.89. The van der Waals surface area contributed by atoms with E-state index in [1.807, 2.05) is 24.3 Å². The summed E-state index contributed by atoms with van der Waals surface area (Å²) in [6.45, 7) is 1.96. The van der Waals surface area contributed by atoms with Crippen LogP contribution in [-0.4, -0.2) is 19.2 Å². The second-order valence-corrected chi connectivity index (χ2v) is 5.56. The summed E-state index contributed by atoms with van der Waals surface area (Å²) in [5, 5.41) is 4.20. The van der Waals surface area contributed by atoms with Gasteiger partial charge in [-0.3, -0.25) is 0 Å². The maximum absolute atomic E-state index is 6.18. The van der Waals surface area contributed by atoms with Gasteiger partial charge >= 0.3 is 0 Å². The highest BCUT2D eigenvalue weighted by atomic mass is 35.5. The Morgan fingerprint density at radius 3 is 2.50 bits per heavy atom. The summed E-state index contributed by atoms with van der Waals surface area (Å²) in [6, 6.07) is 18.2. The fourth-order valence-corrected chi connectivity index (χ4v) is 2.82. The van der Waals surface area contributed by atoms with Crippen LogP contribution in [-0.2, 0) is 0 Å². The number of halogens is 1. The fourth-order valence-electron chi connectivity index (χ4n) is 2.70. The van der Waals surface area contributed by atoms with Crippen LogP contribution in [0.5, 0.6) is 5.75 Å². The second kappa shape index (κ2) is 6.29. The maximum atomic E-state index is 6.18. The lowest BCUT2D eigenvalue weighted by Gasteiger charge is -2.32. The van der Waals surface area contributed by atoms with Gasteiger partial charge in [0.25, 0.3) is 0 Å². The summed E-state index contributed by atoms with van der Waals surface area (Å²) in [5.41, 5.74) is 1.33. The molecule has 0 radical (unpaired) electrons. The molecule has 0 saturated carbocycles. The third-order valence-corrected chi connectivity index (χ3v) is 4.00. The van der Waals surface area contributed by atoms with Gasteiger partial charge in [-0.2, -0.15) is 0 Å². The van der Waals surface area contributed by atoms with Crippen molar-refractivity contribution in [3.63, 3.8) is 0 Å². The molecule has 20 heavy (non-hydrogen) atoms. The van der Waals surface area contributed by atoms with Crippen molar-refractivity contribution in [2.24, 2.45) is 0 Å². The molecule has 3 rings (SSSR count). The minimum Gasteiger partial charge on any atom is -0.490 e. The van der Waals surface area contributed by atoms with Gasteiger partial charge in [0.05, 0.1) is 0 Å². The Labute approximate surface area is 124 Å². The van der Waals surface area contributed by atoms with Crippen LogP contribution in [0.4, 0.5) is 0 Å². The first kappa shape index (κ1) is 13.5. The Bertz CT molecular complexity index is 541. The topological polar surface area (TPSA) is 21.3 Å². The molecule has 2 atom stereocenters. The van der Waals surface area contributed by atoms with E-state index in [2.05, 4.69) is 35.6 Å². The van der Waals surface area contributed by atoms with Gasteiger partial charge in [0, 0.05) is 17.5 Å². The van der Waals surface area contributed by atoms with Gasteiger partial charge in [-0.1, -0.05) is 41.9 Å². The van der Waals surface area contributed by atoms with Crippen LogP contribution < -0.4 is 10.1 Å². The van der Waals surface area contributed by atoms with E-state index in [-0.39, 0.29) is 6.10 Å². The molecule has 1 heterocycles. The van der Waals surface area contributed by atoms with E-state index in [0.717, 1.165) is 30.3 Å². The third-order valence-electron chi connectivity index (χ3n) is 3.75. The molecule has 0 aromatic heterocycles. The molecule has 1 aliphatic rings. The SMILES string of the molecule is Clc1ccc(O[C@@H]2CCNC[C@H]2c2ccccc2)cc1. The average molecular weight is 288 g/mol. The summed E-state index contributed by atoms with van der Waals surface area (Å²) >= 11 is 5.91. The molecular weight excluding hydrogens is 270 g/mol. The molecular formula is C17H18ClNO. The van der Waals surface area contributed by atoms with Crippen LogP contribution in [0.25, 0.3) is 0 Å². The molecule has 2 aromatic rings. The molecule has 2 nitrogen and oxygen atoms in total. The summed E-state index contributed by atoms with van der Waals surface area (Å²) in [5.74, 6) is 1.28. The number of hydrogen-bond donors (Lipinski definition) is 1. The van der Waals surface area contributed by atoms with E-state index in [1.165, 1.54) is 5.56 Å². The normalized spacial score (nSPS) is 22.4. The fraction of sp³-hybridized carbons (Fsp3) is 0.294. The van der Waals surface area contributed by atoms with Gasteiger partial charge in [0.15, 0.2) is 0 Å². The Kier molecular flexibility index (Phi) is 4.24. The molecule has 0 spiro atoms. The van der Waals surface area contributed by atoms with Crippen molar-refractivity contribution < 1.29 is 4.74 Å². The predicted molar refractivity (Wildman–Crippen MR) is 82.5 cm³/mol. The number of nitrogens with one attached hydrogen (secondary N) is 1. The molecule has 3 heteroatoms. The molecule has 0 aliphatic carbocycles. The first-order valence-corrected chi connectivity index (χ1v) is 7.38. The van der Waals surface area contributed by atoms with Gasteiger partial charge in [-0.25, -0.2) is 0 Å². The Morgan fingerprint density at radius 1 is 1.00 bits per heavy atom. The van der Waals surface area contributed by atoms with Crippen molar-refractivity contribution in [3.8, 4) is 5.75 Å². The highest BCUT2D eigenvalue weighted by Gasteiger charge is 2.27. The lowest BCUT2D eigenvalue weighted by molar-refractivity contribution is 0.138. The van der Waals surface area contributed by atoms with E-state index in [1.54, 1.807) is 0 Å². The quantitative estimate of drug-likeness (QED) is 0.925. The lowest BCUT2D eigenvalue weighted by Crippen LogP contribution is -2.41. The van der Waals surface area contributed by atoms with Gasteiger partial charge in [-0.05, 0) is 42.8 Å². The van der Waals surface area contributed by atoms with Gasteiger partial charge in [-0.15, -0.1) is 0 Å². The summed E-state index contributed by atoms with van der Waals surface area (Å²) in [4.78, 5) is 0. The van der Waals surface area contributed by atoms with Crippen LogP contribution in [0.1, 0.15) is 17.9 Å². The molecule has 0 unspecified atom stereocenters. The van der Waals surface area contributed by atoms with Crippen molar-refractivity contribution in [2.45, 2.75) is 18.4 Å². The van der Waals surface area contributed by atoms with Crippen LogP contribution >= 0.6 is 11.6 Å². The zero-order chi connectivity index (χ0) is 13.8. The zero-order valence-electron chi connectivity index (χ0n) is 11.3. The van der Waals surface area contributed by atoms with E-state index in [9.17, 15) is 0 Å². The first-order valence-electron chi connectivity index (χ1n) is 7.01. The molecule has 104 valence electrons. The highest BCUT2D eigenvalue weighted by Crippen LogP contribution is 2.28. The monoisotopic (exact) mass is 287 g/mol. The van der Waals surface area contributed by atoms with Crippen LogP contribution in [0.3, 0.4) is 0 Å². The highest BCUT2D eigenvalue weighted by molar-refractivity contribution is 6.30. The van der Waals surface area contributed by atoms with Gasteiger partial charge in [0.2, 0.25) is 0 Å². The molecule has 1 N–H and O–H groups in total. The Balaban J connectivity index is 1.77. The van der Waals surface area contributed by atoms with Gasteiger partial charge in [0.1, 0.15) is 11.9 Å². The van der Waals surface area contributed by atoms with E-state index < -0.39 is 0 Å². The van der Waals surface area contributed by atoms with Crippen molar-refractivity contribution in [3.05, 3.63) is 65.2 Å². The van der Waals surface area contributed by atoms with E-state index in [0.29, 0.717) is 5.92 Å². The van der Waals surface area contributed by atoms with Gasteiger partial charge < -0.3 is 10.1 Å². The van der Waals surface area contributed by atoms with E-state index in [4.69, 9.17) is 16.3 Å². The zero-order valence-corrected chi connectivity index (χ0v) is 12.0. The third kappa shape index (κ3) is 3.14. The van der Waals surface area contributed by atoms with Crippen molar-refractivity contribution in [1.82, 2.24) is 5.32 Å². The van der Waals surface area contributed by atoms with Crippen molar-refractivity contribution in [1.29, 1.82) is 0 Å². The smallest absolute Gasteiger partial charge is 0.119 e. The number of ether oxygens (including phenoxy) is 1. The summed E-state index contributed by atoms with van der Waals surface area (Å²) in [6.07, 6.45) is 1.22. The molecule has 0 amide bonds. The predicted octanol–water partition coefficient (Wildman–Crippen LogP) is 3.86. The van der Waals surface area contributed by atoms with Crippen molar-refractivity contribution in [2.75, 3.05) is 13.1 Å². The number of hydrogen-bond acceptors (Lipinski definition) is 2. The minimum absolute atomic E-state index is 0.208. The average Bonchev–Trinajstić information content (AvgIpc) is 2.51. The Hall–Kier alpha value is -1.51. The molecule has 0 bridgehead atoms.